The molecule has 162 valence electrons. The smallest absolute Gasteiger partial charge is 0.220 e. The Kier molecular flexibility index (Phi) is 7.11. The maximum Gasteiger partial charge on any atom is 0.220 e. The van der Waals surface area contributed by atoms with Crippen molar-refractivity contribution in [3.8, 4) is 11.3 Å². The average Bonchev–Trinajstić information content (AvgIpc) is 3.27. The molecular weight excluding hydrogens is 398 g/mol. The van der Waals surface area contributed by atoms with Gasteiger partial charge >= 0.3 is 0 Å². The number of likely N-dealkylation sites (tertiary alicyclic amines) is 1. The Bertz CT molecular complexity index is 838. The highest BCUT2D eigenvalue weighted by Gasteiger charge is 2.38. The lowest BCUT2D eigenvalue weighted by Gasteiger charge is -2.48. The lowest BCUT2D eigenvalue weighted by molar-refractivity contribution is -0.122. The molecule has 1 amide bonds. The van der Waals surface area contributed by atoms with Crippen molar-refractivity contribution in [3.05, 3.63) is 41.4 Å². The van der Waals surface area contributed by atoms with Gasteiger partial charge in [-0.2, -0.15) is 0 Å². The standard InChI is InChI=1S/C24H32ClN3O2/c25-20-10-4-3-9-19(20)21-17-26-23(30-21)12-11-22(29)27-18-24(13-5-1-6-14-24)28-15-7-2-8-16-28/h3-4,9-10,17H,1-2,5-8,11-16,18H2,(H,27,29). The summed E-state index contributed by atoms with van der Waals surface area (Å²) in [4.78, 5) is 19.6. The van der Waals surface area contributed by atoms with E-state index < -0.39 is 0 Å². The van der Waals surface area contributed by atoms with Gasteiger partial charge in [0.25, 0.3) is 0 Å². The van der Waals surface area contributed by atoms with Gasteiger partial charge in [-0.05, 0) is 50.9 Å². The minimum Gasteiger partial charge on any atom is -0.441 e. The normalized spacial score (nSPS) is 19.5. The van der Waals surface area contributed by atoms with Crippen molar-refractivity contribution in [1.82, 2.24) is 15.2 Å². The molecule has 4 rings (SSSR count). The quantitative estimate of drug-likeness (QED) is 0.654. The molecule has 2 aromatic rings. The largest absolute Gasteiger partial charge is 0.441 e. The second kappa shape index (κ2) is 9.97. The highest BCUT2D eigenvalue weighted by Crippen LogP contribution is 2.35. The van der Waals surface area contributed by atoms with Crippen molar-refractivity contribution in [2.75, 3.05) is 19.6 Å². The topological polar surface area (TPSA) is 58.4 Å². The molecule has 0 atom stereocenters. The van der Waals surface area contributed by atoms with Gasteiger partial charge in [-0.25, -0.2) is 4.98 Å². The first kappa shape index (κ1) is 21.4. The van der Waals surface area contributed by atoms with Crippen molar-refractivity contribution in [2.45, 2.75) is 69.7 Å². The summed E-state index contributed by atoms with van der Waals surface area (Å²) >= 11 is 6.23. The molecule has 0 unspecified atom stereocenters. The predicted molar refractivity (Wildman–Crippen MR) is 120 cm³/mol. The molecule has 1 saturated carbocycles. The molecule has 0 bridgehead atoms. The number of piperidine rings is 1. The van der Waals surface area contributed by atoms with Gasteiger partial charge in [0, 0.05) is 30.5 Å². The van der Waals surface area contributed by atoms with Crippen LogP contribution in [-0.4, -0.2) is 41.0 Å². The first-order valence-electron chi connectivity index (χ1n) is 11.4. The Balaban J connectivity index is 1.31. The van der Waals surface area contributed by atoms with Gasteiger partial charge in [0.1, 0.15) is 0 Å². The fourth-order valence-electron chi connectivity index (χ4n) is 4.97. The van der Waals surface area contributed by atoms with Gasteiger partial charge in [-0.1, -0.05) is 49.4 Å². The highest BCUT2D eigenvalue weighted by atomic mass is 35.5. The van der Waals surface area contributed by atoms with Gasteiger partial charge in [0.05, 0.1) is 11.2 Å². The van der Waals surface area contributed by atoms with Crippen LogP contribution in [-0.2, 0) is 11.2 Å². The third-order valence-corrected chi connectivity index (χ3v) is 7.01. The fraction of sp³-hybridized carbons (Fsp3) is 0.583. The summed E-state index contributed by atoms with van der Waals surface area (Å²) in [6.07, 6.45) is 12.7. The van der Waals surface area contributed by atoms with Gasteiger partial charge in [-0.15, -0.1) is 0 Å². The summed E-state index contributed by atoms with van der Waals surface area (Å²) in [7, 11) is 0. The molecule has 1 aromatic heterocycles. The number of hydrogen-bond acceptors (Lipinski definition) is 4. The van der Waals surface area contributed by atoms with E-state index in [4.69, 9.17) is 16.0 Å². The molecule has 2 heterocycles. The molecule has 1 aliphatic carbocycles. The van der Waals surface area contributed by atoms with E-state index in [-0.39, 0.29) is 11.4 Å². The average molecular weight is 430 g/mol. The molecule has 30 heavy (non-hydrogen) atoms. The zero-order chi connectivity index (χ0) is 20.8. The first-order valence-corrected chi connectivity index (χ1v) is 11.8. The summed E-state index contributed by atoms with van der Waals surface area (Å²) in [5.41, 5.74) is 0.984. The molecule has 1 saturated heterocycles. The molecule has 5 nitrogen and oxygen atoms in total. The van der Waals surface area contributed by atoms with Crippen LogP contribution in [0.3, 0.4) is 0 Å². The number of nitrogens with one attached hydrogen (secondary N) is 1. The molecular formula is C24H32ClN3O2. The second-order valence-corrected chi connectivity index (χ2v) is 9.11. The highest BCUT2D eigenvalue weighted by molar-refractivity contribution is 6.33. The summed E-state index contributed by atoms with van der Waals surface area (Å²) < 4.78 is 5.83. The van der Waals surface area contributed by atoms with Crippen LogP contribution in [0.15, 0.2) is 34.9 Å². The van der Waals surface area contributed by atoms with Gasteiger partial charge < -0.3 is 9.73 Å². The van der Waals surface area contributed by atoms with E-state index in [0.717, 1.165) is 12.1 Å². The number of nitrogens with zero attached hydrogens (tertiary/aromatic N) is 2. The SMILES string of the molecule is O=C(CCc1ncc(-c2ccccc2Cl)o1)NCC1(N2CCCCC2)CCCCC1. The van der Waals surface area contributed by atoms with E-state index in [9.17, 15) is 4.79 Å². The number of halogens is 1. The first-order chi connectivity index (χ1) is 14.7. The molecule has 2 fully saturated rings. The van der Waals surface area contributed by atoms with Gasteiger partial charge in [0.15, 0.2) is 11.7 Å². The van der Waals surface area contributed by atoms with E-state index in [1.807, 2.05) is 24.3 Å². The molecule has 0 radical (unpaired) electrons. The Morgan fingerprint density at radius 1 is 1.10 bits per heavy atom. The lowest BCUT2D eigenvalue weighted by atomic mass is 9.79. The zero-order valence-corrected chi connectivity index (χ0v) is 18.4. The number of carbonyl (C=O) groups is 1. The van der Waals surface area contributed by atoms with Crippen molar-refractivity contribution < 1.29 is 9.21 Å². The van der Waals surface area contributed by atoms with Crippen LogP contribution in [0.25, 0.3) is 11.3 Å². The van der Waals surface area contributed by atoms with Crippen LogP contribution >= 0.6 is 11.6 Å². The molecule has 0 spiro atoms. The Morgan fingerprint density at radius 3 is 2.60 bits per heavy atom. The van der Waals surface area contributed by atoms with E-state index in [2.05, 4.69) is 15.2 Å². The third kappa shape index (κ3) is 5.06. The maximum atomic E-state index is 12.6. The summed E-state index contributed by atoms with van der Waals surface area (Å²) in [6.45, 7) is 3.12. The summed E-state index contributed by atoms with van der Waals surface area (Å²) in [5.74, 6) is 1.29. The van der Waals surface area contributed by atoms with Crippen molar-refractivity contribution in [3.63, 3.8) is 0 Å². The number of amides is 1. The Labute approximate surface area is 184 Å². The summed E-state index contributed by atoms with van der Waals surface area (Å²) in [6, 6.07) is 7.54. The molecule has 1 aromatic carbocycles. The van der Waals surface area contributed by atoms with Crippen LogP contribution in [0.1, 0.15) is 63.7 Å². The maximum absolute atomic E-state index is 12.6. The summed E-state index contributed by atoms with van der Waals surface area (Å²) in [5, 5.41) is 3.87. The fourth-order valence-corrected chi connectivity index (χ4v) is 5.20. The van der Waals surface area contributed by atoms with Crippen LogP contribution in [0.5, 0.6) is 0 Å². The van der Waals surface area contributed by atoms with Crippen LogP contribution in [0, 0.1) is 0 Å². The predicted octanol–water partition coefficient (Wildman–Crippen LogP) is 5.23. The molecule has 6 heteroatoms. The third-order valence-electron chi connectivity index (χ3n) is 6.68. The van der Waals surface area contributed by atoms with E-state index in [0.29, 0.717) is 29.5 Å². The molecule has 1 N–H and O–H groups in total. The van der Waals surface area contributed by atoms with Crippen molar-refractivity contribution in [2.24, 2.45) is 0 Å². The lowest BCUT2D eigenvalue weighted by Crippen LogP contribution is -2.58. The number of aryl methyl sites for hydroxylation is 1. The van der Waals surface area contributed by atoms with Crippen LogP contribution < -0.4 is 5.32 Å². The molecule has 1 aliphatic heterocycles. The van der Waals surface area contributed by atoms with Crippen LogP contribution in [0.4, 0.5) is 0 Å². The van der Waals surface area contributed by atoms with E-state index >= 15 is 0 Å². The number of oxazole rings is 1. The minimum atomic E-state index is 0.0782. The Hall–Kier alpha value is -1.85. The van der Waals surface area contributed by atoms with E-state index in [1.54, 1.807) is 6.20 Å². The zero-order valence-electron chi connectivity index (χ0n) is 17.7. The number of carbonyl (C=O) groups excluding carboxylic acids is 1. The number of aromatic nitrogens is 1. The van der Waals surface area contributed by atoms with Crippen molar-refractivity contribution in [1.29, 1.82) is 0 Å². The van der Waals surface area contributed by atoms with Crippen molar-refractivity contribution >= 4 is 17.5 Å². The van der Waals surface area contributed by atoms with Gasteiger partial charge in [0.2, 0.25) is 5.91 Å². The second-order valence-electron chi connectivity index (χ2n) is 8.71. The van der Waals surface area contributed by atoms with Gasteiger partial charge in [-0.3, -0.25) is 9.69 Å². The number of hydrogen-bond donors (Lipinski definition) is 1. The monoisotopic (exact) mass is 429 g/mol. The minimum absolute atomic E-state index is 0.0782. The Morgan fingerprint density at radius 2 is 1.83 bits per heavy atom. The molecule has 2 aliphatic rings. The van der Waals surface area contributed by atoms with E-state index in [1.165, 1.54) is 64.5 Å². The number of rotatable bonds is 7. The number of benzene rings is 1. The van der Waals surface area contributed by atoms with Crippen LogP contribution in [0.2, 0.25) is 5.02 Å².